The van der Waals surface area contributed by atoms with E-state index in [-0.39, 0.29) is 22.5 Å². The standard InChI is InChI=1S/C13H16Cl2FN3O3S/c1-18(8-12(20)19-4-2-17-3-5-19)23(21,22)13-10(14)6-9(16)7-11(13)15/h6-7,17H,2-5,8H2,1H3. The number of nitrogens with one attached hydrogen (secondary N) is 1. The van der Waals surface area contributed by atoms with Gasteiger partial charge in [-0.3, -0.25) is 4.79 Å². The van der Waals surface area contributed by atoms with Crippen molar-refractivity contribution in [2.24, 2.45) is 0 Å². The Bertz CT molecular complexity index is 685. The van der Waals surface area contributed by atoms with Crippen molar-refractivity contribution in [1.29, 1.82) is 0 Å². The fraction of sp³-hybridized carbons (Fsp3) is 0.462. The topological polar surface area (TPSA) is 69.7 Å². The Labute approximate surface area is 144 Å². The summed E-state index contributed by atoms with van der Waals surface area (Å²) >= 11 is 11.6. The fourth-order valence-corrected chi connectivity index (χ4v) is 4.47. The average Bonchev–Trinajstić information content (AvgIpc) is 2.46. The highest BCUT2D eigenvalue weighted by molar-refractivity contribution is 7.89. The van der Waals surface area contributed by atoms with Crippen LogP contribution in [0.15, 0.2) is 17.0 Å². The third kappa shape index (κ3) is 4.13. The lowest BCUT2D eigenvalue weighted by Crippen LogP contribution is -2.49. The van der Waals surface area contributed by atoms with Gasteiger partial charge in [-0.05, 0) is 12.1 Å². The maximum Gasteiger partial charge on any atom is 0.246 e. The van der Waals surface area contributed by atoms with E-state index < -0.39 is 20.7 Å². The summed E-state index contributed by atoms with van der Waals surface area (Å²) < 4.78 is 39.2. The second-order valence-electron chi connectivity index (χ2n) is 5.09. The highest BCUT2D eigenvalue weighted by atomic mass is 35.5. The minimum Gasteiger partial charge on any atom is -0.339 e. The number of hydrogen-bond acceptors (Lipinski definition) is 4. The van der Waals surface area contributed by atoms with E-state index >= 15 is 0 Å². The number of carbonyl (C=O) groups excluding carboxylic acids is 1. The number of benzene rings is 1. The molecule has 1 aromatic rings. The van der Waals surface area contributed by atoms with Crippen LogP contribution in [0.4, 0.5) is 4.39 Å². The first-order valence-electron chi connectivity index (χ1n) is 6.83. The van der Waals surface area contributed by atoms with Crippen LogP contribution in [0.1, 0.15) is 0 Å². The van der Waals surface area contributed by atoms with Crippen LogP contribution in [0, 0.1) is 5.82 Å². The van der Waals surface area contributed by atoms with Crippen molar-refractivity contribution >= 4 is 39.1 Å². The van der Waals surface area contributed by atoms with E-state index in [4.69, 9.17) is 23.2 Å². The van der Waals surface area contributed by atoms with E-state index in [1.165, 1.54) is 7.05 Å². The lowest BCUT2D eigenvalue weighted by atomic mass is 10.3. The molecule has 0 radical (unpaired) electrons. The molecule has 23 heavy (non-hydrogen) atoms. The Balaban J connectivity index is 2.20. The summed E-state index contributed by atoms with van der Waals surface area (Å²) in [6.07, 6.45) is 0. The van der Waals surface area contributed by atoms with Crippen LogP contribution >= 0.6 is 23.2 Å². The zero-order valence-electron chi connectivity index (χ0n) is 12.4. The molecule has 0 atom stereocenters. The van der Waals surface area contributed by atoms with Gasteiger partial charge in [0.2, 0.25) is 15.9 Å². The van der Waals surface area contributed by atoms with Gasteiger partial charge in [0.1, 0.15) is 10.7 Å². The second kappa shape index (κ2) is 7.31. The van der Waals surface area contributed by atoms with Gasteiger partial charge in [-0.15, -0.1) is 0 Å². The lowest BCUT2D eigenvalue weighted by molar-refractivity contribution is -0.131. The molecule has 1 aromatic carbocycles. The maximum absolute atomic E-state index is 13.2. The van der Waals surface area contributed by atoms with Gasteiger partial charge >= 0.3 is 0 Å². The first-order chi connectivity index (χ1) is 10.7. The van der Waals surface area contributed by atoms with E-state index in [0.717, 1.165) is 16.4 Å². The number of piperazine rings is 1. The van der Waals surface area contributed by atoms with Gasteiger partial charge in [0.25, 0.3) is 0 Å². The lowest BCUT2D eigenvalue weighted by Gasteiger charge is -2.29. The number of halogens is 3. The first-order valence-corrected chi connectivity index (χ1v) is 9.02. The van der Waals surface area contributed by atoms with Crippen molar-refractivity contribution in [2.45, 2.75) is 4.90 Å². The molecule has 1 N–H and O–H groups in total. The van der Waals surface area contributed by atoms with Crippen LogP contribution in [0.5, 0.6) is 0 Å². The van der Waals surface area contributed by atoms with E-state index in [2.05, 4.69) is 5.32 Å². The summed E-state index contributed by atoms with van der Waals surface area (Å²) in [5, 5.41) is 2.46. The predicted molar refractivity (Wildman–Crippen MR) is 85.7 cm³/mol. The Kier molecular flexibility index (Phi) is 5.85. The molecule has 0 unspecified atom stereocenters. The first kappa shape index (κ1) is 18.4. The quantitative estimate of drug-likeness (QED) is 0.847. The molecule has 0 spiro atoms. The summed E-state index contributed by atoms with van der Waals surface area (Å²) in [4.78, 5) is 13.4. The number of carbonyl (C=O) groups is 1. The predicted octanol–water partition coefficient (Wildman–Crippen LogP) is 1.18. The number of nitrogens with zero attached hydrogens (tertiary/aromatic N) is 2. The zero-order chi connectivity index (χ0) is 17.2. The van der Waals surface area contributed by atoms with Crippen LogP contribution in [-0.4, -0.2) is 63.3 Å². The summed E-state index contributed by atoms with van der Waals surface area (Å²) in [5.41, 5.74) is 0. The minimum absolute atomic E-state index is 0.313. The monoisotopic (exact) mass is 383 g/mol. The molecular weight excluding hydrogens is 368 g/mol. The number of hydrogen-bond donors (Lipinski definition) is 1. The second-order valence-corrected chi connectivity index (χ2v) is 7.89. The van der Waals surface area contributed by atoms with Crippen molar-refractivity contribution in [2.75, 3.05) is 39.8 Å². The van der Waals surface area contributed by atoms with E-state index in [1.807, 2.05) is 0 Å². The van der Waals surface area contributed by atoms with Crippen molar-refractivity contribution < 1.29 is 17.6 Å². The van der Waals surface area contributed by atoms with Gasteiger partial charge in [0.15, 0.2) is 0 Å². The number of amides is 1. The average molecular weight is 384 g/mol. The summed E-state index contributed by atoms with van der Waals surface area (Å²) in [6, 6.07) is 1.73. The van der Waals surface area contributed by atoms with Gasteiger partial charge in [0.05, 0.1) is 16.6 Å². The van der Waals surface area contributed by atoms with Crippen LogP contribution in [-0.2, 0) is 14.8 Å². The Morgan fingerprint density at radius 2 is 1.83 bits per heavy atom. The van der Waals surface area contributed by atoms with Crippen molar-refractivity contribution in [1.82, 2.24) is 14.5 Å². The molecule has 1 aliphatic heterocycles. The van der Waals surface area contributed by atoms with Gasteiger partial charge in [-0.2, -0.15) is 4.31 Å². The molecular formula is C13H16Cl2FN3O3S. The Morgan fingerprint density at radius 1 is 1.30 bits per heavy atom. The largest absolute Gasteiger partial charge is 0.339 e. The summed E-state index contributed by atoms with van der Waals surface area (Å²) in [7, 11) is -2.86. The molecule has 0 saturated carbocycles. The fourth-order valence-electron chi connectivity index (χ4n) is 2.22. The Morgan fingerprint density at radius 3 is 2.35 bits per heavy atom. The van der Waals surface area contributed by atoms with E-state index in [0.29, 0.717) is 26.2 Å². The molecule has 0 aliphatic carbocycles. The van der Waals surface area contributed by atoms with Crippen molar-refractivity contribution in [3.8, 4) is 0 Å². The van der Waals surface area contributed by atoms with Crippen LogP contribution in [0.3, 0.4) is 0 Å². The normalized spacial score (nSPS) is 16.0. The molecule has 1 heterocycles. The highest BCUT2D eigenvalue weighted by Gasteiger charge is 2.30. The van der Waals surface area contributed by atoms with Crippen molar-refractivity contribution in [3.05, 3.63) is 28.0 Å². The molecule has 1 aliphatic rings. The molecule has 2 rings (SSSR count). The minimum atomic E-state index is -4.11. The van der Waals surface area contributed by atoms with Gasteiger partial charge < -0.3 is 10.2 Å². The molecule has 6 nitrogen and oxygen atoms in total. The smallest absolute Gasteiger partial charge is 0.246 e. The zero-order valence-corrected chi connectivity index (χ0v) is 14.7. The van der Waals surface area contributed by atoms with E-state index in [9.17, 15) is 17.6 Å². The van der Waals surface area contributed by atoms with Gasteiger partial charge in [-0.25, -0.2) is 12.8 Å². The number of rotatable bonds is 4. The Hall–Kier alpha value is -0.930. The SMILES string of the molecule is CN(CC(=O)N1CCNCC1)S(=O)(=O)c1c(Cl)cc(F)cc1Cl. The molecule has 0 aromatic heterocycles. The molecule has 1 fully saturated rings. The molecule has 1 saturated heterocycles. The molecule has 1 amide bonds. The third-order valence-corrected chi connectivity index (χ3v) is 6.18. The van der Waals surface area contributed by atoms with Crippen LogP contribution in [0.25, 0.3) is 0 Å². The van der Waals surface area contributed by atoms with Crippen molar-refractivity contribution in [3.63, 3.8) is 0 Å². The third-order valence-electron chi connectivity index (χ3n) is 3.46. The highest BCUT2D eigenvalue weighted by Crippen LogP contribution is 2.32. The molecule has 128 valence electrons. The van der Waals surface area contributed by atoms with Crippen LogP contribution < -0.4 is 5.32 Å². The van der Waals surface area contributed by atoms with Gasteiger partial charge in [0, 0.05) is 33.2 Å². The van der Waals surface area contributed by atoms with E-state index in [1.54, 1.807) is 4.90 Å². The molecule has 0 bridgehead atoms. The number of likely N-dealkylation sites (N-methyl/N-ethyl adjacent to an activating group) is 1. The van der Waals surface area contributed by atoms with Crippen LogP contribution in [0.2, 0.25) is 10.0 Å². The summed E-state index contributed by atoms with van der Waals surface area (Å²) in [6.45, 7) is 2.03. The van der Waals surface area contributed by atoms with Gasteiger partial charge in [-0.1, -0.05) is 23.2 Å². The molecule has 10 heteroatoms. The summed E-state index contributed by atoms with van der Waals surface area (Å²) in [5.74, 6) is -1.05. The maximum atomic E-state index is 13.2. The number of sulfonamides is 1.